The number of para-hydroxylation sites is 2. The van der Waals surface area contributed by atoms with Crippen molar-refractivity contribution in [1.82, 2.24) is 9.13 Å². The minimum Gasteiger partial charge on any atom is -1.00 e. The molecule has 0 amide bonds. The predicted molar refractivity (Wildman–Crippen MR) is 95.2 cm³/mol. The highest BCUT2D eigenvalue weighted by molar-refractivity contribution is 5.94. The molecule has 0 bridgehead atoms. The fourth-order valence-corrected chi connectivity index (χ4v) is 3.52. The number of hydrogen-bond acceptors (Lipinski definition) is 4. The van der Waals surface area contributed by atoms with Gasteiger partial charge in [-0.2, -0.15) is 0 Å². The Labute approximate surface area is 167 Å². The summed E-state index contributed by atoms with van der Waals surface area (Å²) >= 11 is 0. The van der Waals surface area contributed by atoms with Crippen molar-refractivity contribution < 1.29 is 35.8 Å². The van der Waals surface area contributed by atoms with Crippen molar-refractivity contribution in [3.05, 3.63) is 54.0 Å². The number of nitrogens with zero attached hydrogens (tertiary/aromatic N) is 2. The third-order valence-corrected chi connectivity index (χ3v) is 4.96. The molecule has 8 heteroatoms. The molecule has 0 aliphatic carbocycles. The van der Waals surface area contributed by atoms with E-state index in [1.54, 1.807) is 16.7 Å². The molecule has 144 valence electrons. The Kier molecular flexibility index (Phi) is 6.30. The first-order valence-electron chi connectivity index (χ1n) is 8.95. The SMILES string of the molecule is N=c1n(CC[NH+]2CCOCC2)c2ccccc2n1CC(=O)c1ccco1.[Br-]. The molecule has 0 spiro atoms. The van der Waals surface area contributed by atoms with E-state index < -0.39 is 0 Å². The average molecular weight is 435 g/mol. The molecular weight excluding hydrogens is 412 g/mol. The van der Waals surface area contributed by atoms with Gasteiger partial charge in [0, 0.05) is 0 Å². The number of morpholine rings is 1. The fourth-order valence-electron chi connectivity index (χ4n) is 3.52. The second-order valence-corrected chi connectivity index (χ2v) is 6.56. The van der Waals surface area contributed by atoms with Crippen LogP contribution in [0.4, 0.5) is 0 Å². The van der Waals surface area contributed by atoms with E-state index in [0.29, 0.717) is 11.4 Å². The largest absolute Gasteiger partial charge is 1.00 e. The van der Waals surface area contributed by atoms with Crippen LogP contribution in [0.2, 0.25) is 0 Å². The molecule has 0 atom stereocenters. The van der Waals surface area contributed by atoms with Gasteiger partial charge in [-0.05, 0) is 24.3 Å². The number of carbonyl (C=O) groups excluding carboxylic acids is 1. The number of ketones is 1. The Morgan fingerprint density at radius 1 is 1.07 bits per heavy atom. The number of imidazole rings is 1. The topological polar surface area (TPSA) is 77.6 Å². The van der Waals surface area contributed by atoms with Crippen molar-refractivity contribution >= 4 is 16.8 Å². The van der Waals surface area contributed by atoms with E-state index in [2.05, 4.69) is 0 Å². The zero-order valence-corrected chi connectivity index (χ0v) is 16.6. The van der Waals surface area contributed by atoms with E-state index in [1.165, 1.54) is 11.2 Å². The number of rotatable bonds is 6. The van der Waals surface area contributed by atoms with Gasteiger partial charge in [-0.25, -0.2) is 0 Å². The number of fused-ring (bicyclic) bond motifs is 1. The van der Waals surface area contributed by atoms with E-state index >= 15 is 0 Å². The maximum Gasteiger partial charge on any atom is 0.217 e. The summed E-state index contributed by atoms with van der Waals surface area (Å²) in [5, 5.41) is 8.62. The summed E-state index contributed by atoms with van der Waals surface area (Å²) in [7, 11) is 0. The molecule has 0 saturated carbocycles. The van der Waals surface area contributed by atoms with Crippen LogP contribution in [0.25, 0.3) is 11.0 Å². The highest BCUT2D eigenvalue weighted by Gasteiger charge is 2.18. The van der Waals surface area contributed by atoms with Gasteiger partial charge in [0.1, 0.15) is 13.1 Å². The molecule has 2 aromatic heterocycles. The molecule has 3 heterocycles. The summed E-state index contributed by atoms with van der Waals surface area (Å²) in [6, 6.07) is 11.2. The Balaban J connectivity index is 0.00000210. The zero-order valence-electron chi connectivity index (χ0n) is 15.0. The monoisotopic (exact) mass is 434 g/mol. The number of carbonyl (C=O) groups is 1. The first kappa shape index (κ1) is 19.6. The van der Waals surface area contributed by atoms with Crippen LogP contribution in [0.5, 0.6) is 0 Å². The van der Waals surface area contributed by atoms with Crippen molar-refractivity contribution in [1.29, 1.82) is 5.41 Å². The lowest BCUT2D eigenvalue weighted by Crippen LogP contribution is -3.14. The summed E-state index contributed by atoms with van der Waals surface area (Å²) in [5.41, 5.74) is 2.23. The molecule has 7 nitrogen and oxygen atoms in total. The second kappa shape index (κ2) is 8.69. The Morgan fingerprint density at radius 3 is 2.44 bits per heavy atom. The van der Waals surface area contributed by atoms with Crippen molar-refractivity contribution in [2.45, 2.75) is 13.1 Å². The van der Waals surface area contributed by atoms with Crippen LogP contribution in [-0.2, 0) is 17.8 Å². The molecular formula is C19H23BrN4O3. The molecule has 27 heavy (non-hydrogen) atoms. The first-order chi connectivity index (χ1) is 12.7. The minimum atomic E-state index is -0.129. The second-order valence-electron chi connectivity index (χ2n) is 6.56. The van der Waals surface area contributed by atoms with E-state index in [4.69, 9.17) is 14.6 Å². The van der Waals surface area contributed by atoms with Gasteiger partial charge in [-0.15, -0.1) is 0 Å². The van der Waals surface area contributed by atoms with E-state index in [9.17, 15) is 4.79 Å². The van der Waals surface area contributed by atoms with Crippen molar-refractivity contribution in [3.63, 3.8) is 0 Å². The van der Waals surface area contributed by atoms with Crippen LogP contribution >= 0.6 is 0 Å². The lowest BCUT2D eigenvalue weighted by molar-refractivity contribution is -0.908. The molecule has 1 aliphatic rings. The number of ether oxygens (including phenoxy) is 1. The van der Waals surface area contributed by atoms with Crippen molar-refractivity contribution in [2.75, 3.05) is 32.8 Å². The lowest BCUT2D eigenvalue weighted by atomic mass is 10.3. The molecule has 1 saturated heterocycles. The Morgan fingerprint density at radius 2 is 1.78 bits per heavy atom. The van der Waals surface area contributed by atoms with Gasteiger partial charge in [0.25, 0.3) is 0 Å². The molecule has 1 aliphatic heterocycles. The average Bonchev–Trinajstić information content (AvgIpc) is 3.29. The maximum absolute atomic E-state index is 12.5. The van der Waals surface area contributed by atoms with Crippen LogP contribution < -0.4 is 27.5 Å². The summed E-state index contributed by atoms with van der Waals surface area (Å²) < 4.78 is 14.4. The molecule has 1 aromatic carbocycles. The molecule has 0 radical (unpaired) electrons. The van der Waals surface area contributed by atoms with E-state index in [0.717, 1.165) is 50.4 Å². The molecule has 3 aromatic rings. The number of benzene rings is 1. The fraction of sp³-hybridized carbons (Fsp3) is 0.368. The van der Waals surface area contributed by atoms with Gasteiger partial charge < -0.3 is 40.2 Å². The third-order valence-electron chi connectivity index (χ3n) is 4.96. The summed E-state index contributed by atoms with van der Waals surface area (Å²) in [4.78, 5) is 14.0. The number of hydrogen-bond donors (Lipinski definition) is 2. The van der Waals surface area contributed by atoms with Gasteiger partial charge in [-0.1, -0.05) is 12.1 Å². The molecule has 0 unspecified atom stereocenters. The van der Waals surface area contributed by atoms with Crippen LogP contribution in [0.3, 0.4) is 0 Å². The van der Waals surface area contributed by atoms with Crippen molar-refractivity contribution in [2.24, 2.45) is 0 Å². The third kappa shape index (κ3) is 4.07. The van der Waals surface area contributed by atoms with Crippen LogP contribution in [0.15, 0.2) is 47.1 Å². The van der Waals surface area contributed by atoms with E-state index in [1.807, 2.05) is 28.8 Å². The number of nitrogens with one attached hydrogen (secondary N) is 2. The Hall–Kier alpha value is -2.16. The summed E-state index contributed by atoms with van der Waals surface area (Å²) in [6.07, 6.45) is 1.49. The zero-order chi connectivity index (χ0) is 17.9. The van der Waals surface area contributed by atoms with E-state index in [-0.39, 0.29) is 29.3 Å². The first-order valence-corrected chi connectivity index (χ1v) is 8.95. The van der Waals surface area contributed by atoms with Gasteiger partial charge in [0.2, 0.25) is 11.4 Å². The predicted octanol–water partition coefficient (Wildman–Crippen LogP) is -2.68. The number of Topliss-reactive ketones (excluding diaryl/α,β-unsaturated/α-hetero) is 1. The quantitative estimate of drug-likeness (QED) is 0.415. The van der Waals surface area contributed by atoms with Crippen molar-refractivity contribution in [3.8, 4) is 0 Å². The van der Waals surface area contributed by atoms with Gasteiger partial charge in [0.15, 0.2) is 5.76 Å². The molecule has 2 N–H and O–H groups in total. The van der Waals surface area contributed by atoms with Crippen LogP contribution in [0.1, 0.15) is 10.6 Å². The number of aromatic nitrogens is 2. The highest BCUT2D eigenvalue weighted by Crippen LogP contribution is 2.13. The number of furan rings is 1. The number of halogens is 1. The minimum absolute atomic E-state index is 0. The molecule has 1 fully saturated rings. The number of quaternary nitrogens is 1. The smallest absolute Gasteiger partial charge is 0.217 e. The summed E-state index contributed by atoms with van der Waals surface area (Å²) in [5.74, 6) is 0.196. The lowest BCUT2D eigenvalue weighted by Gasteiger charge is -2.23. The van der Waals surface area contributed by atoms with Gasteiger partial charge in [0.05, 0.1) is 50.1 Å². The standard InChI is InChI=1S/C19H22N4O3.BrH/c20-19-22(8-7-21-9-12-25-13-10-21)15-4-1-2-5-16(15)23(19)14-17(24)18-6-3-11-26-18;/h1-6,11,20H,7-10,12-14H2;1H. The maximum atomic E-state index is 12.5. The van der Waals surface area contributed by atoms with Gasteiger partial charge in [-0.3, -0.25) is 10.2 Å². The molecule has 4 rings (SSSR count). The highest BCUT2D eigenvalue weighted by atomic mass is 79.9. The van der Waals surface area contributed by atoms with Crippen LogP contribution in [0, 0.1) is 5.41 Å². The normalized spacial score (nSPS) is 15.0. The van der Waals surface area contributed by atoms with Gasteiger partial charge >= 0.3 is 0 Å². The van der Waals surface area contributed by atoms with Crippen LogP contribution in [-0.4, -0.2) is 47.8 Å². The Bertz CT molecular complexity index is 955. The summed E-state index contributed by atoms with van der Waals surface area (Å²) in [6.45, 7) is 5.40.